The highest BCUT2D eigenvalue weighted by Crippen LogP contribution is 2.23. The van der Waals surface area contributed by atoms with Crippen LogP contribution < -0.4 is 19.4 Å². The van der Waals surface area contributed by atoms with Gasteiger partial charge < -0.3 is 24.3 Å². The second-order valence-corrected chi connectivity index (χ2v) is 7.40. The summed E-state index contributed by atoms with van der Waals surface area (Å²) >= 11 is 0. The molecule has 1 aromatic heterocycles. The number of amides is 1. The average Bonchev–Trinajstić information content (AvgIpc) is 2.79. The Morgan fingerprint density at radius 2 is 1.34 bits per heavy atom. The zero-order chi connectivity index (χ0) is 20.2. The fraction of sp³-hybridized carbons (Fsp3) is 0.476. The van der Waals surface area contributed by atoms with E-state index < -0.39 is 0 Å². The minimum atomic E-state index is 0.141. The van der Waals surface area contributed by atoms with Crippen molar-refractivity contribution < 1.29 is 9.53 Å². The van der Waals surface area contributed by atoms with E-state index in [9.17, 15) is 4.79 Å². The Balaban J connectivity index is 1.36. The first-order chi connectivity index (χ1) is 14.1. The summed E-state index contributed by atoms with van der Waals surface area (Å²) in [4.78, 5) is 29.3. The summed E-state index contributed by atoms with van der Waals surface area (Å²) in [5.41, 5.74) is 1.22. The third-order valence-electron chi connectivity index (χ3n) is 5.73. The molecule has 0 spiro atoms. The van der Waals surface area contributed by atoms with Crippen LogP contribution in [0.25, 0.3) is 0 Å². The summed E-state index contributed by atoms with van der Waals surface area (Å²) < 4.78 is 5.25. The summed E-state index contributed by atoms with van der Waals surface area (Å²) in [5, 5.41) is 0. The van der Waals surface area contributed by atoms with Gasteiger partial charge in [-0.25, -0.2) is 9.97 Å². The molecule has 4 rings (SSSR count). The topological polar surface area (TPSA) is 65.0 Å². The van der Waals surface area contributed by atoms with E-state index in [4.69, 9.17) is 4.74 Å². The van der Waals surface area contributed by atoms with Crippen LogP contribution in [0.2, 0.25) is 0 Å². The molecule has 154 valence electrons. The Morgan fingerprint density at radius 3 is 1.86 bits per heavy atom. The molecule has 8 heteroatoms. The quantitative estimate of drug-likeness (QED) is 0.776. The smallest absolute Gasteiger partial charge is 0.219 e. The van der Waals surface area contributed by atoms with Crippen molar-refractivity contribution >= 4 is 23.2 Å². The molecule has 0 N–H and O–H groups in total. The number of benzene rings is 1. The normalized spacial score (nSPS) is 17.4. The first-order valence-corrected chi connectivity index (χ1v) is 10.1. The monoisotopic (exact) mass is 396 g/mol. The summed E-state index contributed by atoms with van der Waals surface area (Å²) in [7, 11) is 1.69. The van der Waals surface area contributed by atoms with E-state index in [0.717, 1.165) is 69.7 Å². The third kappa shape index (κ3) is 4.36. The zero-order valence-electron chi connectivity index (χ0n) is 17.1. The number of carbonyl (C=O) groups is 1. The fourth-order valence-electron chi connectivity index (χ4n) is 3.92. The average molecular weight is 396 g/mol. The van der Waals surface area contributed by atoms with E-state index in [1.54, 1.807) is 20.4 Å². The second kappa shape index (κ2) is 8.55. The summed E-state index contributed by atoms with van der Waals surface area (Å²) in [6.45, 7) is 8.46. The molecule has 1 amide bonds. The molecule has 1 aromatic carbocycles. The molecule has 0 atom stereocenters. The van der Waals surface area contributed by atoms with E-state index in [2.05, 4.69) is 42.9 Å². The maximum atomic E-state index is 11.5. The van der Waals surface area contributed by atoms with E-state index >= 15 is 0 Å². The van der Waals surface area contributed by atoms with E-state index in [1.807, 2.05) is 17.0 Å². The molecule has 8 nitrogen and oxygen atoms in total. The largest absolute Gasteiger partial charge is 0.497 e. The van der Waals surface area contributed by atoms with Crippen LogP contribution in [0.15, 0.2) is 36.7 Å². The predicted octanol–water partition coefficient (Wildman–Crippen LogP) is 1.48. The van der Waals surface area contributed by atoms with Crippen molar-refractivity contribution in [3.63, 3.8) is 0 Å². The van der Waals surface area contributed by atoms with Gasteiger partial charge in [-0.1, -0.05) is 0 Å². The van der Waals surface area contributed by atoms with E-state index in [0.29, 0.717) is 0 Å². The van der Waals surface area contributed by atoms with Gasteiger partial charge in [-0.05, 0) is 24.3 Å². The van der Waals surface area contributed by atoms with Gasteiger partial charge in [-0.2, -0.15) is 0 Å². The Kier molecular flexibility index (Phi) is 5.69. The SMILES string of the molecule is COc1ccc(N2CCN(c3cc(N4CCN(C(C)=O)CC4)ncn3)CC2)cc1. The van der Waals surface area contributed by atoms with Crippen molar-refractivity contribution in [2.75, 3.05) is 74.2 Å². The Morgan fingerprint density at radius 1 is 0.828 bits per heavy atom. The lowest BCUT2D eigenvalue weighted by atomic mass is 10.2. The van der Waals surface area contributed by atoms with Crippen molar-refractivity contribution in [1.82, 2.24) is 14.9 Å². The highest BCUT2D eigenvalue weighted by Gasteiger charge is 2.22. The van der Waals surface area contributed by atoms with Gasteiger partial charge in [-0.15, -0.1) is 0 Å². The van der Waals surface area contributed by atoms with E-state index in [-0.39, 0.29) is 5.91 Å². The maximum Gasteiger partial charge on any atom is 0.219 e. The van der Waals surface area contributed by atoms with E-state index in [1.165, 1.54) is 5.69 Å². The van der Waals surface area contributed by atoms with Gasteiger partial charge in [0.1, 0.15) is 23.7 Å². The van der Waals surface area contributed by atoms with Gasteiger partial charge in [0.25, 0.3) is 0 Å². The first kappa shape index (κ1) is 19.3. The predicted molar refractivity (Wildman–Crippen MR) is 114 cm³/mol. The molecule has 0 bridgehead atoms. The molecular weight excluding hydrogens is 368 g/mol. The standard InChI is InChI=1S/C21H28N6O2/c1-17(28)24-7-11-26(12-8-24)20-15-21(23-16-22-20)27-13-9-25(10-14-27)18-3-5-19(29-2)6-4-18/h3-6,15-16H,7-14H2,1-2H3. The molecule has 3 heterocycles. The number of carbonyl (C=O) groups excluding carboxylic acids is 1. The van der Waals surface area contributed by atoms with Crippen LogP contribution in [0.3, 0.4) is 0 Å². The van der Waals surface area contributed by atoms with Gasteiger partial charge in [-0.3, -0.25) is 4.79 Å². The van der Waals surface area contributed by atoms with Crippen molar-refractivity contribution in [3.05, 3.63) is 36.7 Å². The van der Waals surface area contributed by atoms with Crippen LogP contribution >= 0.6 is 0 Å². The molecule has 2 aliphatic heterocycles. The van der Waals surface area contributed by atoms with Crippen molar-refractivity contribution in [2.45, 2.75) is 6.92 Å². The lowest BCUT2D eigenvalue weighted by molar-refractivity contribution is -0.129. The highest BCUT2D eigenvalue weighted by molar-refractivity contribution is 5.73. The van der Waals surface area contributed by atoms with Gasteiger partial charge >= 0.3 is 0 Å². The third-order valence-corrected chi connectivity index (χ3v) is 5.73. The molecule has 2 aliphatic rings. The molecule has 0 unspecified atom stereocenters. The Bertz CT molecular complexity index is 827. The first-order valence-electron chi connectivity index (χ1n) is 10.1. The number of piperazine rings is 2. The number of hydrogen-bond acceptors (Lipinski definition) is 7. The lowest BCUT2D eigenvalue weighted by Crippen LogP contribution is -2.48. The van der Waals surface area contributed by atoms with Crippen LogP contribution in [-0.4, -0.2) is 80.2 Å². The van der Waals surface area contributed by atoms with Crippen molar-refractivity contribution in [1.29, 1.82) is 0 Å². The van der Waals surface area contributed by atoms with Gasteiger partial charge in [0.05, 0.1) is 7.11 Å². The number of hydrogen-bond donors (Lipinski definition) is 0. The molecule has 0 saturated carbocycles. The zero-order valence-corrected chi connectivity index (χ0v) is 17.1. The number of methoxy groups -OCH3 is 1. The molecule has 2 saturated heterocycles. The Hall–Kier alpha value is -3.03. The van der Waals surface area contributed by atoms with Crippen LogP contribution in [0.1, 0.15) is 6.92 Å². The molecule has 0 aliphatic carbocycles. The van der Waals surface area contributed by atoms with Gasteiger partial charge in [0.2, 0.25) is 5.91 Å². The maximum absolute atomic E-state index is 11.5. The van der Waals surface area contributed by atoms with Gasteiger partial charge in [0.15, 0.2) is 0 Å². The van der Waals surface area contributed by atoms with Crippen molar-refractivity contribution in [2.24, 2.45) is 0 Å². The molecular formula is C21H28N6O2. The molecule has 0 radical (unpaired) electrons. The fourth-order valence-corrected chi connectivity index (χ4v) is 3.92. The Labute approximate surface area is 171 Å². The minimum absolute atomic E-state index is 0.141. The number of rotatable bonds is 4. The highest BCUT2D eigenvalue weighted by atomic mass is 16.5. The molecule has 2 fully saturated rings. The van der Waals surface area contributed by atoms with Crippen LogP contribution in [0, 0.1) is 0 Å². The van der Waals surface area contributed by atoms with Crippen LogP contribution in [-0.2, 0) is 4.79 Å². The summed E-state index contributed by atoms with van der Waals surface area (Å²) in [5.74, 6) is 2.93. The van der Waals surface area contributed by atoms with Gasteiger partial charge in [0, 0.05) is 71.0 Å². The number of anilines is 3. The van der Waals surface area contributed by atoms with Crippen LogP contribution in [0.4, 0.5) is 17.3 Å². The number of aromatic nitrogens is 2. The van der Waals surface area contributed by atoms with Crippen molar-refractivity contribution in [3.8, 4) is 5.75 Å². The number of ether oxygens (including phenoxy) is 1. The second-order valence-electron chi connectivity index (χ2n) is 7.40. The van der Waals surface area contributed by atoms with Crippen LogP contribution in [0.5, 0.6) is 5.75 Å². The summed E-state index contributed by atoms with van der Waals surface area (Å²) in [6.07, 6.45) is 1.65. The minimum Gasteiger partial charge on any atom is -0.497 e. The number of nitrogens with zero attached hydrogens (tertiary/aromatic N) is 6. The molecule has 29 heavy (non-hydrogen) atoms. The lowest BCUT2D eigenvalue weighted by Gasteiger charge is -2.37. The summed E-state index contributed by atoms with van der Waals surface area (Å²) in [6, 6.07) is 10.3. The molecule has 2 aromatic rings.